The highest BCUT2D eigenvalue weighted by molar-refractivity contribution is 6.31. The minimum Gasteiger partial charge on any atom is -0.486 e. The van der Waals surface area contributed by atoms with Crippen LogP contribution in [0, 0.1) is 0 Å². The third-order valence-corrected chi connectivity index (χ3v) is 7.84. The van der Waals surface area contributed by atoms with Gasteiger partial charge in [0.2, 0.25) is 0 Å². The molecule has 3 heterocycles. The maximum absolute atomic E-state index is 15.4. The van der Waals surface area contributed by atoms with Gasteiger partial charge in [-0.3, -0.25) is 14.6 Å². The SMILES string of the molecule is O=C(N[C@H](CN1CCN(C2CC2)CC1)[C@H](O)c1ccc2c(c1)OCCO2)C(F)(F)c1cc2cc(Cl)ccc2o1. The summed E-state index contributed by atoms with van der Waals surface area (Å²) < 4.78 is 47.3. The van der Waals surface area contributed by atoms with E-state index in [-0.39, 0.29) is 12.1 Å². The van der Waals surface area contributed by atoms with Crippen molar-refractivity contribution in [3.05, 3.63) is 58.8 Å². The average molecular weight is 562 g/mol. The Morgan fingerprint density at radius 3 is 2.54 bits per heavy atom. The van der Waals surface area contributed by atoms with Crippen LogP contribution in [0.15, 0.2) is 46.9 Å². The number of alkyl halides is 2. The molecule has 0 spiro atoms. The van der Waals surface area contributed by atoms with Crippen LogP contribution < -0.4 is 14.8 Å². The van der Waals surface area contributed by atoms with Crippen LogP contribution in [0.1, 0.15) is 30.3 Å². The molecule has 2 N–H and O–H groups in total. The molecule has 39 heavy (non-hydrogen) atoms. The van der Waals surface area contributed by atoms with Gasteiger partial charge in [0.25, 0.3) is 5.91 Å². The van der Waals surface area contributed by atoms with Gasteiger partial charge in [0.05, 0.1) is 6.04 Å². The molecule has 0 bridgehead atoms. The molecular weight excluding hydrogens is 532 g/mol. The number of nitrogens with zero attached hydrogens (tertiary/aromatic N) is 2. The molecule has 1 aliphatic carbocycles. The normalized spacial score (nSPS) is 20.1. The molecule has 11 heteroatoms. The molecule has 2 aromatic carbocycles. The number of hydrogen-bond donors (Lipinski definition) is 2. The highest BCUT2D eigenvalue weighted by Gasteiger charge is 2.46. The monoisotopic (exact) mass is 561 g/mol. The number of furan rings is 1. The topological polar surface area (TPSA) is 87.4 Å². The zero-order valence-corrected chi connectivity index (χ0v) is 22.0. The molecule has 2 aliphatic heterocycles. The predicted molar refractivity (Wildman–Crippen MR) is 140 cm³/mol. The molecule has 3 aromatic rings. The number of nitrogens with one attached hydrogen (secondary N) is 1. The van der Waals surface area contributed by atoms with Crippen LogP contribution in [0.2, 0.25) is 5.02 Å². The van der Waals surface area contributed by atoms with Gasteiger partial charge in [0.15, 0.2) is 17.3 Å². The molecule has 0 radical (unpaired) electrons. The fraction of sp³-hybridized carbons (Fsp3) is 0.464. The molecule has 2 fully saturated rings. The fourth-order valence-corrected chi connectivity index (χ4v) is 5.45. The van der Waals surface area contributed by atoms with Gasteiger partial charge in [-0.2, -0.15) is 8.78 Å². The van der Waals surface area contributed by atoms with Gasteiger partial charge in [-0.1, -0.05) is 17.7 Å². The van der Waals surface area contributed by atoms with E-state index in [1.165, 1.54) is 31.0 Å². The van der Waals surface area contributed by atoms with Crippen LogP contribution in [-0.4, -0.2) is 78.8 Å². The molecular formula is C28H30ClF2N3O5. The summed E-state index contributed by atoms with van der Waals surface area (Å²) in [5.74, 6) is -5.30. The highest BCUT2D eigenvalue weighted by atomic mass is 35.5. The number of aliphatic hydroxyl groups excluding tert-OH is 1. The van der Waals surface area contributed by atoms with Crippen molar-refractivity contribution in [1.29, 1.82) is 0 Å². The maximum atomic E-state index is 15.4. The van der Waals surface area contributed by atoms with Crippen LogP contribution >= 0.6 is 11.6 Å². The molecule has 1 saturated carbocycles. The number of carbonyl (C=O) groups is 1. The second kappa shape index (κ2) is 10.6. The Kier molecular flexibility index (Phi) is 7.13. The number of fused-ring (bicyclic) bond motifs is 2. The summed E-state index contributed by atoms with van der Waals surface area (Å²) in [6.45, 7) is 4.16. The Hall–Kier alpha value is -2.92. The van der Waals surface area contributed by atoms with Gasteiger partial charge in [-0.05, 0) is 54.8 Å². The quantitative estimate of drug-likeness (QED) is 0.431. The van der Waals surface area contributed by atoms with Crippen LogP contribution in [0.3, 0.4) is 0 Å². The third kappa shape index (κ3) is 5.56. The van der Waals surface area contributed by atoms with E-state index in [9.17, 15) is 9.90 Å². The van der Waals surface area contributed by atoms with E-state index in [1.54, 1.807) is 18.2 Å². The second-order valence-corrected chi connectivity index (χ2v) is 10.8. The Bertz CT molecular complexity index is 1360. The molecule has 2 atom stereocenters. The number of benzene rings is 2. The molecule has 3 aliphatic rings. The van der Waals surface area contributed by atoms with E-state index >= 15 is 8.78 Å². The molecule has 1 amide bonds. The van der Waals surface area contributed by atoms with Crippen LogP contribution in [0.25, 0.3) is 11.0 Å². The zero-order chi connectivity index (χ0) is 27.1. The first-order chi connectivity index (χ1) is 18.8. The summed E-state index contributed by atoms with van der Waals surface area (Å²) in [5, 5.41) is 14.5. The van der Waals surface area contributed by atoms with Gasteiger partial charge in [-0.15, -0.1) is 0 Å². The van der Waals surface area contributed by atoms with Gasteiger partial charge in [0, 0.05) is 49.2 Å². The number of piperazine rings is 1. The number of ether oxygens (including phenoxy) is 2. The number of carbonyl (C=O) groups excluding carboxylic acids is 1. The van der Waals surface area contributed by atoms with E-state index in [0.717, 1.165) is 32.2 Å². The summed E-state index contributed by atoms with van der Waals surface area (Å²) in [7, 11) is 0. The summed E-state index contributed by atoms with van der Waals surface area (Å²) in [6, 6.07) is 10.2. The average Bonchev–Trinajstić information content (AvgIpc) is 3.70. The third-order valence-electron chi connectivity index (χ3n) is 7.60. The minimum atomic E-state index is -3.97. The Labute approximate surface area is 229 Å². The number of aliphatic hydroxyl groups is 1. The summed E-state index contributed by atoms with van der Waals surface area (Å²) >= 11 is 5.97. The Morgan fingerprint density at radius 2 is 1.79 bits per heavy atom. The predicted octanol–water partition coefficient (Wildman–Crippen LogP) is 3.95. The first-order valence-corrected chi connectivity index (χ1v) is 13.6. The van der Waals surface area contributed by atoms with Crippen LogP contribution in [-0.2, 0) is 10.7 Å². The molecule has 8 nitrogen and oxygen atoms in total. The molecule has 1 saturated heterocycles. The zero-order valence-electron chi connectivity index (χ0n) is 21.2. The van der Waals surface area contributed by atoms with E-state index < -0.39 is 29.7 Å². The van der Waals surface area contributed by atoms with E-state index in [4.69, 9.17) is 25.5 Å². The number of halogens is 3. The van der Waals surface area contributed by atoms with Crippen molar-refractivity contribution in [2.45, 2.75) is 37.0 Å². The Balaban J connectivity index is 1.23. The molecule has 6 rings (SSSR count). The lowest BCUT2D eigenvalue weighted by Crippen LogP contribution is -2.55. The highest BCUT2D eigenvalue weighted by Crippen LogP contribution is 2.36. The second-order valence-electron chi connectivity index (χ2n) is 10.4. The maximum Gasteiger partial charge on any atom is 0.380 e. The van der Waals surface area contributed by atoms with Gasteiger partial charge < -0.3 is 24.3 Å². The van der Waals surface area contributed by atoms with Gasteiger partial charge >= 0.3 is 5.92 Å². The standard InChI is InChI=1S/C28H30ClF2N3O5/c29-19-2-6-22-18(13-19)15-25(39-22)28(30,31)27(36)32-21(16-33-7-9-34(10-8-33)20-3-4-20)26(35)17-1-5-23-24(14-17)38-12-11-37-23/h1-2,5-6,13-15,20-21,26,35H,3-4,7-12,16H2,(H,32,36)/t21-,26-/m1/s1. The van der Waals surface area contributed by atoms with Crippen molar-refractivity contribution < 1.29 is 32.6 Å². The van der Waals surface area contributed by atoms with Crippen molar-refractivity contribution in [3.63, 3.8) is 0 Å². The molecule has 0 unspecified atom stereocenters. The number of amides is 1. The van der Waals surface area contributed by atoms with Crippen molar-refractivity contribution >= 4 is 28.5 Å². The first kappa shape index (κ1) is 26.3. The fourth-order valence-electron chi connectivity index (χ4n) is 5.27. The number of hydrogen-bond acceptors (Lipinski definition) is 7. The van der Waals surface area contributed by atoms with Crippen molar-refractivity contribution in [2.24, 2.45) is 0 Å². The lowest BCUT2D eigenvalue weighted by Gasteiger charge is -2.38. The van der Waals surface area contributed by atoms with E-state index in [2.05, 4.69) is 15.1 Å². The molecule has 1 aromatic heterocycles. The smallest absolute Gasteiger partial charge is 0.380 e. The van der Waals surface area contributed by atoms with Crippen LogP contribution in [0.4, 0.5) is 8.78 Å². The largest absolute Gasteiger partial charge is 0.486 e. The summed E-state index contributed by atoms with van der Waals surface area (Å²) in [5.41, 5.74) is 0.631. The van der Waals surface area contributed by atoms with Crippen molar-refractivity contribution in [2.75, 3.05) is 45.9 Å². The summed E-state index contributed by atoms with van der Waals surface area (Å²) in [6.07, 6.45) is 1.16. The first-order valence-electron chi connectivity index (χ1n) is 13.2. The summed E-state index contributed by atoms with van der Waals surface area (Å²) in [4.78, 5) is 17.6. The molecule has 208 valence electrons. The Morgan fingerprint density at radius 1 is 1.05 bits per heavy atom. The van der Waals surface area contributed by atoms with Gasteiger partial charge in [-0.25, -0.2) is 0 Å². The van der Waals surface area contributed by atoms with Crippen LogP contribution in [0.5, 0.6) is 11.5 Å². The van der Waals surface area contributed by atoms with E-state index in [0.29, 0.717) is 46.7 Å². The number of rotatable bonds is 8. The lowest BCUT2D eigenvalue weighted by atomic mass is 10.00. The van der Waals surface area contributed by atoms with Gasteiger partial charge in [0.1, 0.15) is 24.9 Å². The van der Waals surface area contributed by atoms with E-state index in [1.807, 2.05) is 0 Å². The minimum absolute atomic E-state index is 0.197. The lowest BCUT2D eigenvalue weighted by molar-refractivity contribution is -0.151. The van der Waals surface area contributed by atoms with Crippen molar-refractivity contribution in [3.8, 4) is 11.5 Å². The van der Waals surface area contributed by atoms with Crippen molar-refractivity contribution in [1.82, 2.24) is 15.1 Å².